The van der Waals surface area contributed by atoms with Gasteiger partial charge >= 0.3 is 0 Å². The zero-order valence-electron chi connectivity index (χ0n) is 11.1. The highest BCUT2D eigenvalue weighted by Crippen LogP contribution is 2.21. The molecule has 1 aliphatic heterocycles. The summed E-state index contributed by atoms with van der Waals surface area (Å²) in [5, 5.41) is 3.52. The number of nitrogens with zero attached hydrogens (tertiary/aromatic N) is 1. The van der Waals surface area contributed by atoms with Gasteiger partial charge in [-0.05, 0) is 25.3 Å². The third kappa shape index (κ3) is 3.91. The van der Waals surface area contributed by atoms with Crippen LogP contribution in [0.3, 0.4) is 0 Å². The second-order valence-corrected chi connectivity index (χ2v) is 6.46. The maximum atomic E-state index is 11.7. The molecule has 2 N–H and O–H groups in total. The van der Waals surface area contributed by atoms with Crippen molar-refractivity contribution in [3.05, 3.63) is 0 Å². The maximum absolute atomic E-state index is 11.7. The van der Waals surface area contributed by atoms with E-state index in [0.717, 1.165) is 25.8 Å². The first-order valence-corrected chi connectivity index (χ1v) is 7.91. The van der Waals surface area contributed by atoms with Crippen LogP contribution in [0.5, 0.6) is 0 Å². The van der Waals surface area contributed by atoms with Crippen LogP contribution in [0, 0.1) is 5.92 Å². The van der Waals surface area contributed by atoms with Crippen LogP contribution >= 0.6 is 0 Å². The predicted molar refractivity (Wildman–Crippen MR) is 70.0 cm³/mol. The molecule has 2 atom stereocenters. The Balaban J connectivity index is 2.60. The Hall–Kier alpha value is -0.170. The molecule has 1 aliphatic rings. The molecule has 0 bridgehead atoms. The SMILES string of the molecule is CCCNC1CCN(S(=O)(=O)NC)CC1CC. The highest BCUT2D eigenvalue weighted by Gasteiger charge is 2.32. The van der Waals surface area contributed by atoms with E-state index in [-0.39, 0.29) is 0 Å². The number of rotatable bonds is 6. The summed E-state index contributed by atoms with van der Waals surface area (Å²) >= 11 is 0. The van der Waals surface area contributed by atoms with E-state index in [1.54, 1.807) is 4.31 Å². The Kier molecular flexibility index (Phi) is 5.85. The van der Waals surface area contributed by atoms with Gasteiger partial charge in [-0.2, -0.15) is 12.7 Å². The lowest BCUT2D eigenvalue weighted by Gasteiger charge is -2.37. The van der Waals surface area contributed by atoms with Crippen LogP contribution in [0.1, 0.15) is 33.1 Å². The zero-order valence-corrected chi connectivity index (χ0v) is 11.9. The number of piperidine rings is 1. The molecule has 1 heterocycles. The smallest absolute Gasteiger partial charge is 0.279 e. The van der Waals surface area contributed by atoms with E-state index in [0.29, 0.717) is 25.0 Å². The molecule has 102 valence electrons. The molecule has 1 rings (SSSR count). The molecule has 0 amide bonds. The maximum Gasteiger partial charge on any atom is 0.279 e. The van der Waals surface area contributed by atoms with Gasteiger partial charge in [0.15, 0.2) is 0 Å². The van der Waals surface area contributed by atoms with Crippen LogP contribution in [0.25, 0.3) is 0 Å². The minimum absolute atomic E-state index is 0.415. The van der Waals surface area contributed by atoms with E-state index < -0.39 is 10.2 Å². The topological polar surface area (TPSA) is 61.4 Å². The molecule has 1 fully saturated rings. The molecule has 0 aromatic carbocycles. The van der Waals surface area contributed by atoms with Crippen molar-refractivity contribution < 1.29 is 8.42 Å². The molecular weight excluding hydrogens is 238 g/mol. The molecule has 0 saturated carbocycles. The highest BCUT2D eigenvalue weighted by molar-refractivity contribution is 7.87. The lowest BCUT2D eigenvalue weighted by atomic mass is 9.91. The van der Waals surface area contributed by atoms with E-state index in [4.69, 9.17) is 0 Å². The number of nitrogens with one attached hydrogen (secondary N) is 2. The summed E-state index contributed by atoms with van der Waals surface area (Å²) in [4.78, 5) is 0. The van der Waals surface area contributed by atoms with Crippen molar-refractivity contribution in [3.8, 4) is 0 Å². The first-order chi connectivity index (χ1) is 8.05. The molecule has 0 spiro atoms. The monoisotopic (exact) mass is 263 g/mol. The van der Waals surface area contributed by atoms with Crippen LogP contribution in [0.4, 0.5) is 0 Å². The zero-order chi connectivity index (χ0) is 12.9. The van der Waals surface area contributed by atoms with Crippen LogP contribution in [0.15, 0.2) is 0 Å². The molecule has 0 aromatic rings. The van der Waals surface area contributed by atoms with E-state index in [2.05, 4.69) is 23.9 Å². The van der Waals surface area contributed by atoms with Crippen LogP contribution < -0.4 is 10.0 Å². The fourth-order valence-corrected chi connectivity index (χ4v) is 3.35. The normalized spacial score (nSPS) is 27.2. The molecule has 0 radical (unpaired) electrons. The van der Waals surface area contributed by atoms with Gasteiger partial charge in [-0.3, -0.25) is 0 Å². The van der Waals surface area contributed by atoms with Crippen LogP contribution in [-0.2, 0) is 10.2 Å². The summed E-state index contributed by atoms with van der Waals surface area (Å²) in [5.41, 5.74) is 0. The molecular formula is C11H25N3O2S. The second kappa shape index (κ2) is 6.68. The quantitative estimate of drug-likeness (QED) is 0.736. The highest BCUT2D eigenvalue weighted by atomic mass is 32.2. The Bertz CT molecular complexity index is 319. The number of hydrogen-bond acceptors (Lipinski definition) is 3. The van der Waals surface area contributed by atoms with Gasteiger partial charge in [-0.15, -0.1) is 0 Å². The molecule has 6 heteroatoms. The molecule has 2 unspecified atom stereocenters. The van der Waals surface area contributed by atoms with E-state index >= 15 is 0 Å². The van der Waals surface area contributed by atoms with Crippen LogP contribution in [-0.4, -0.2) is 45.4 Å². The van der Waals surface area contributed by atoms with Crippen molar-refractivity contribution in [1.29, 1.82) is 0 Å². The standard InChI is InChI=1S/C11H25N3O2S/c1-4-7-13-11-6-8-14(9-10(11)5-2)17(15,16)12-3/h10-13H,4-9H2,1-3H3. The average Bonchev–Trinajstić information content (AvgIpc) is 2.35. The summed E-state index contributed by atoms with van der Waals surface area (Å²) in [7, 11) is -1.78. The molecule has 0 aromatic heterocycles. The van der Waals surface area contributed by atoms with Crippen molar-refractivity contribution in [2.75, 3.05) is 26.7 Å². The van der Waals surface area contributed by atoms with Gasteiger partial charge in [0.25, 0.3) is 10.2 Å². The van der Waals surface area contributed by atoms with Crippen molar-refractivity contribution in [1.82, 2.24) is 14.3 Å². The van der Waals surface area contributed by atoms with Gasteiger partial charge in [0.1, 0.15) is 0 Å². The Morgan fingerprint density at radius 2 is 2.06 bits per heavy atom. The van der Waals surface area contributed by atoms with Crippen LogP contribution in [0.2, 0.25) is 0 Å². The van der Waals surface area contributed by atoms with Crippen molar-refractivity contribution in [2.24, 2.45) is 5.92 Å². The lowest BCUT2D eigenvalue weighted by Crippen LogP contribution is -2.53. The fraction of sp³-hybridized carbons (Fsp3) is 1.00. The minimum atomic E-state index is -3.25. The Morgan fingerprint density at radius 3 is 2.59 bits per heavy atom. The van der Waals surface area contributed by atoms with E-state index in [9.17, 15) is 8.42 Å². The third-order valence-electron chi connectivity index (χ3n) is 3.48. The van der Waals surface area contributed by atoms with Gasteiger partial charge < -0.3 is 5.32 Å². The molecule has 17 heavy (non-hydrogen) atoms. The van der Waals surface area contributed by atoms with E-state index in [1.807, 2.05) is 0 Å². The van der Waals surface area contributed by atoms with Crippen molar-refractivity contribution in [3.63, 3.8) is 0 Å². The van der Waals surface area contributed by atoms with Crippen molar-refractivity contribution >= 4 is 10.2 Å². The van der Waals surface area contributed by atoms with Gasteiger partial charge in [0.2, 0.25) is 0 Å². The minimum Gasteiger partial charge on any atom is -0.314 e. The van der Waals surface area contributed by atoms with Gasteiger partial charge in [-0.1, -0.05) is 20.3 Å². The first-order valence-electron chi connectivity index (χ1n) is 6.47. The summed E-state index contributed by atoms with van der Waals surface area (Å²) < 4.78 is 27.4. The molecule has 5 nitrogen and oxygen atoms in total. The fourth-order valence-electron chi connectivity index (χ4n) is 2.36. The Morgan fingerprint density at radius 1 is 1.35 bits per heavy atom. The van der Waals surface area contributed by atoms with Gasteiger partial charge in [-0.25, -0.2) is 4.72 Å². The van der Waals surface area contributed by atoms with Gasteiger partial charge in [0.05, 0.1) is 0 Å². The molecule has 1 saturated heterocycles. The van der Waals surface area contributed by atoms with E-state index in [1.165, 1.54) is 7.05 Å². The second-order valence-electron chi connectivity index (χ2n) is 4.58. The largest absolute Gasteiger partial charge is 0.314 e. The summed E-state index contributed by atoms with van der Waals surface area (Å²) in [6.45, 7) is 6.53. The Labute approximate surface area is 105 Å². The predicted octanol–water partition coefficient (Wildman–Crippen LogP) is 0.551. The summed E-state index contributed by atoms with van der Waals surface area (Å²) in [6, 6.07) is 0.461. The first kappa shape index (κ1) is 14.9. The summed E-state index contributed by atoms with van der Waals surface area (Å²) in [5.74, 6) is 0.415. The third-order valence-corrected chi connectivity index (χ3v) is 5.00. The van der Waals surface area contributed by atoms with Gasteiger partial charge in [0, 0.05) is 26.2 Å². The summed E-state index contributed by atoms with van der Waals surface area (Å²) in [6.07, 6.45) is 3.03. The van der Waals surface area contributed by atoms with Crippen molar-refractivity contribution in [2.45, 2.75) is 39.2 Å². The lowest BCUT2D eigenvalue weighted by molar-refractivity contribution is 0.201. The number of hydrogen-bond donors (Lipinski definition) is 2. The molecule has 0 aliphatic carbocycles. The average molecular weight is 263 g/mol.